The van der Waals surface area contributed by atoms with Crippen LogP contribution in [0.1, 0.15) is 29.9 Å². The van der Waals surface area contributed by atoms with Gasteiger partial charge in [-0.1, -0.05) is 23.7 Å². The first-order valence-electron chi connectivity index (χ1n) is 7.32. The van der Waals surface area contributed by atoms with Gasteiger partial charge in [-0.05, 0) is 67.1 Å². The number of anilines is 1. The quantitative estimate of drug-likeness (QED) is 0.856. The van der Waals surface area contributed by atoms with Crippen molar-refractivity contribution >= 4 is 17.3 Å². The van der Waals surface area contributed by atoms with Gasteiger partial charge in [-0.2, -0.15) is 0 Å². The van der Waals surface area contributed by atoms with Crippen LogP contribution in [0.4, 0.5) is 5.69 Å². The lowest BCUT2D eigenvalue weighted by Crippen LogP contribution is -2.33. The molecule has 3 heteroatoms. The van der Waals surface area contributed by atoms with Crippen molar-refractivity contribution in [2.75, 3.05) is 12.4 Å². The molecule has 1 saturated carbocycles. The lowest BCUT2D eigenvalue weighted by molar-refractivity contribution is 0.374. The lowest BCUT2D eigenvalue weighted by Gasteiger charge is -2.37. The third-order valence-electron chi connectivity index (χ3n) is 4.25. The largest absolute Gasteiger partial charge is 0.496 e. The number of aryl methyl sites for hydroxylation is 1. The van der Waals surface area contributed by atoms with Crippen LogP contribution >= 0.6 is 11.6 Å². The number of ether oxygens (including phenoxy) is 1. The average Bonchev–Trinajstić information content (AvgIpc) is 2.44. The Morgan fingerprint density at radius 3 is 2.43 bits per heavy atom. The van der Waals surface area contributed by atoms with Crippen molar-refractivity contribution in [3.63, 3.8) is 0 Å². The van der Waals surface area contributed by atoms with Crippen LogP contribution in [0.3, 0.4) is 0 Å². The Morgan fingerprint density at radius 2 is 1.81 bits per heavy atom. The van der Waals surface area contributed by atoms with Crippen LogP contribution in [0.25, 0.3) is 0 Å². The van der Waals surface area contributed by atoms with E-state index in [4.69, 9.17) is 16.3 Å². The normalized spacial score (nSPS) is 20.7. The molecule has 0 radical (unpaired) electrons. The van der Waals surface area contributed by atoms with E-state index in [2.05, 4.69) is 36.5 Å². The van der Waals surface area contributed by atoms with Crippen molar-refractivity contribution in [1.82, 2.24) is 0 Å². The summed E-state index contributed by atoms with van der Waals surface area (Å²) in [7, 11) is 1.71. The highest BCUT2D eigenvalue weighted by atomic mass is 35.5. The molecule has 0 unspecified atom stereocenters. The number of halogens is 1. The van der Waals surface area contributed by atoms with Crippen molar-refractivity contribution in [2.45, 2.75) is 31.7 Å². The maximum atomic E-state index is 5.93. The number of nitrogens with one attached hydrogen (secondary N) is 1. The molecule has 2 nitrogen and oxygen atoms in total. The second-order valence-corrected chi connectivity index (χ2v) is 6.18. The molecule has 0 aromatic heterocycles. The van der Waals surface area contributed by atoms with Crippen LogP contribution in [0.15, 0.2) is 42.5 Å². The molecule has 2 aromatic carbocycles. The van der Waals surface area contributed by atoms with Crippen molar-refractivity contribution in [3.8, 4) is 5.75 Å². The van der Waals surface area contributed by atoms with Crippen molar-refractivity contribution in [3.05, 3.63) is 58.6 Å². The average molecular weight is 302 g/mol. The summed E-state index contributed by atoms with van der Waals surface area (Å²) in [6.45, 7) is 2.07. The van der Waals surface area contributed by atoms with Gasteiger partial charge < -0.3 is 10.1 Å². The molecule has 2 aromatic rings. The minimum Gasteiger partial charge on any atom is -0.496 e. The van der Waals surface area contributed by atoms with Gasteiger partial charge in [0.25, 0.3) is 0 Å². The van der Waals surface area contributed by atoms with Gasteiger partial charge in [0.1, 0.15) is 5.75 Å². The number of hydrogen-bond donors (Lipinski definition) is 1. The molecule has 0 bridgehead atoms. The van der Waals surface area contributed by atoms with Gasteiger partial charge >= 0.3 is 0 Å². The van der Waals surface area contributed by atoms with E-state index < -0.39 is 0 Å². The molecule has 1 N–H and O–H groups in total. The maximum Gasteiger partial charge on any atom is 0.121 e. The molecular weight excluding hydrogens is 282 g/mol. The molecular formula is C18H20ClNO. The molecule has 0 aliphatic heterocycles. The SMILES string of the molecule is COc1ccc(NC2CC(c3ccc(Cl)cc3)C2)cc1C. The summed E-state index contributed by atoms with van der Waals surface area (Å²) in [5.41, 5.74) is 3.73. The van der Waals surface area contributed by atoms with E-state index in [1.807, 2.05) is 18.2 Å². The molecule has 110 valence electrons. The van der Waals surface area contributed by atoms with Crippen LogP contribution in [-0.4, -0.2) is 13.2 Å². The van der Waals surface area contributed by atoms with E-state index in [1.54, 1.807) is 7.11 Å². The number of benzene rings is 2. The summed E-state index contributed by atoms with van der Waals surface area (Å²) in [4.78, 5) is 0. The van der Waals surface area contributed by atoms with Gasteiger partial charge in [0, 0.05) is 16.8 Å². The second kappa shape index (κ2) is 5.98. The van der Waals surface area contributed by atoms with Crippen LogP contribution in [0.5, 0.6) is 5.75 Å². The van der Waals surface area contributed by atoms with E-state index in [0.29, 0.717) is 12.0 Å². The van der Waals surface area contributed by atoms with Crippen LogP contribution < -0.4 is 10.1 Å². The van der Waals surface area contributed by atoms with Crippen molar-refractivity contribution in [2.24, 2.45) is 0 Å². The third-order valence-corrected chi connectivity index (χ3v) is 4.50. The predicted octanol–water partition coefficient (Wildman–Crippen LogP) is 5.02. The predicted molar refractivity (Wildman–Crippen MR) is 88.6 cm³/mol. The summed E-state index contributed by atoms with van der Waals surface area (Å²) < 4.78 is 5.29. The topological polar surface area (TPSA) is 21.3 Å². The van der Waals surface area contributed by atoms with Crippen LogP contribution in [-0.2, 0) is 0 Å². The molecule has 1 aliphatic carbocycles. The maximum absolute atomic E-state index is 5.93. The molecule has 3 rings (SSSR count). The molecule has 1 fully saturated rings. The van der Waals surface area contributed by atoms with Gasteiger partial charge in [-0.25, -0.2) is 0 Å². The summed E-state index contributed by atoms with van der Waals surface area (Å²) in [5, 5.41) is 4.41. The molecule has 0 saturated heterocycles. The zero-order valence-corrected chi connectivity index (χ0v) is 13.2. The van der Waals surface area contributed by atoms with E-state index in [0.717, 1.165) is 16.3 Å². The van der Waals surface area contributed by atoms with E-state index >= 15 is 0 Å². The first-order chi connectivity index (χ1) is 10.2. The Balaban J connectivity index is 1.57. The van der Waals surface area contributed by atoms with Gasteiger partial charge in [0.05, 0.1) is 7.11 Å². The molecule has 0 heterocycles. The Kier molecular flexibility index (Phi) is 4.07. The molecule has 1 aliphatic rings. The van der Waals surface area contributed by atoms with Crippen molar-refractivity contribution < 1.29 is 4.74 Å². The Hall–Kier alpha value is -1.67. The number of rotatable bonds is 4. The Morgan fingerprint density at radius 1 is 1.10 bits per heavy atom. The van der Waals surface area contributed by atoms with Gasteiger partial charge in [-0.3, -0.25) is 0 Å². The zero-order chi connectivity index (χ0) is 14.8. The fraction of sp³-hybridized carbons (Fsp3) is 0.333. The summed E-state index contributed by atoms with van der Waals surface area (Å²) in [6.07, 6.45) is 2.35. The molecule has 21 heavy (non-hydrogen) atoms. The molecule has 0 atom stereocenters. The monoisotopic (exact) mass is 301 g/mol. The summed E-state index contributed by atoms with van der Waals surface area (Å²) in [5.74, 6) is 1.59. The second-order valence-electron chi connectivity index (χ2n) is 5.75. The van der Waals surface area contributed by atoms with Crippen LogP contribution in [0.2, 0.25) is 5.02 Å². The highest BCUT2D eigenvalue weighted by Gasteiger charge is 2.30. The standard InChI is InChI=1S/C18H20ClNO/c1-12-9-16(7-8-18(12)21-2)20-17-10-14(11-17)13-3-5-15(19)6-4-13/h3-9,14,17,20H,10-11H2,1-2H3. The van der Waals surface area contributed by atoms with E-state index in [1.165, 1.54) is 24.1 Å². The van der Waals surface area contributed by atoms with Gasteiger partial charge in [0.2, 0.25) is 0 Å². The van der Waals surface area contributed by atoms with E-state index in [-0.39, 0.29) is 0 Å². The minimum absolute atomic E-state index is 0.554. The smallest absolute Gasteiger partial charge is 0.121 e. The summed E-state index contributed by atoms with van der Waals surface area (Å²) in [6, 6.07) is 15.0. The van der Waals surface area contributed by atoms with E-state index in [9.17, 15) is 0 Å². The first-order valence-corrected chi connectivity index (χ1v) is 7.70. The highest BCUT2D eigenvalue weighted by molar-refractivity contribution is 6.30. The zero-order valence-electron chi connectivity index (χ0n) is 12.4. The fourth-order valence-corrected chi connectivity index (χ4v) is 3.07. The minimum atomic E-state index is 0.554. The first kappa shape index (κ1) is 14.3. The van der Waals surface area contributed by atoms with Crippen LogP contribution in [0, 0.1) is 6.92 Å². The molecule has 0 amide bonds. The Bertz CT molecular complexity index is 618. The number of methoxy groups -OCH3 is 1. The number of hydrogen-bond acceptors (Lipinski definition) is 2. The third kappa shape index (κ3) is 3.16. The lowest BCUT2D eigenvalue weighted by atomic mass is 9.76. The van der Waals surface area contributed by atoms with Crippen molar-refractivity contribution in [1.29, 1.82) is 0 Å². The molecule has 0 spiro atoms. The highest BCUT2D eigenvalue weighted by Crippen LogP contribution is 2.39. The van der Waals surface area contributed by atoms with Gasteiger partial charge in [0.15, 0.2) is 0 Å². The van der Waals surface area contributed by atoms with Gasteiger partial charge in [-0.15, -0.1) is 0 Å². The fourth-order valence-electron chi connectivity index (χ4n) is 2.95. The summed E-state index contributed by atoms with van der Waals surface area (Å²) >= 11 is 5.93. The Labute approximate surface area is 131 Å².